The van der Waals surface area contributed by atoms with Crippen LogP contribution in [0.4, 0.5) is 5.82 Å². The minimum Gasteiger partial charge on any atom is -0.790 e. The van der Waals surface area contributed by atoms with E-state index in [0.717, 1.165) is 49.8 Å². The van der Waals surface area contributed by atoms with Crippen LogP contribution in [-0.2, 0) is 55.5 Å². The molecule has 0 spiro atoms. The molecule has 0 saturated carbocycles. The first kappa shape index (κ1) is 49.4. The fraction of sp³-hybridized carbons (Fsp3) is 0.667. The van der Waals surface area contributed by atoms with Crippen molar-refractivity contribution in [2.24, 2.45) is 5.41 Å². The number of aliphatic hydroxyl groups is 3. The standard InChI is InChI=1S/C27H44N7O20P3S/c1-26(2,21(40)24(41)30-5-4-15(35)29-6-7-58-17(38)9-27(3,42)8-16(36)37)11-51-57(48,49)54-56(46,47)50-10-14-20(53-55(43,44)45)19(39)25(52-14)34-13-33-18-22(28)31-12-32-23(18)34/h12-14,19-21,25,39-40,42H,4-11H2,1-3H3,(H,29,35)(H,30,41)(H,36,37)(H,46,47)(H,48,49)(H2,28,31,32)(H2,43,44,45)/p-5/t14-,19-,20-,21+,25-,27?/m1/s1. The Morgan fingerprint density at radius 1 is 1.03 bits per heavy atom. The van der Waals surface area contributed by atoms with E-state index in [-0.39, 0.29) is 42.2 Å². The Morgan fingerprint density at radius 3 is 2.33 bits per heavy atom. The first-order chi connectivity index (χ1) is 26.6. The molecule has 0 aromatic carbocycles. The van der Waals surface area contributed by atoms with Crippen LogP contribution in [0.1, 0.15) is 46.3 Å². The lowest BCUT2D eigenvalue weighted by atomic mass is 9.87. The molecule has 2 aromatic heterocycles. The average molecular weight is 907 g/mol. The van der Waals surface area contributed by atoms with Gasteiger partial charge in [-0.2, -0.15) is 0 Å². The smallest absolute Gasteiger partial charge is 0.274 e. The van der Waals surface area contributed by atoms with Gasteiger partial charge in [-0.05, 0) is 6.92 Å². The number of thioether (sulfide) groups is 1. The SMILES string of the molecule is CC(O)(CC(=O)[O-])CC(=O)SCCNC(=O)CCNC(=O)[C@H](O)C(C)(C)COP(=O)([O-])OP(=O)([O-])OC[C@H]1O[C@@H](n2cnc3c(N)ncnc32)[C@H](O)[C@@H]1OP(=O)([O-])[O-]. The summed E-state index contributed by atoms with van der Waals surface area (Å²) >= 11 is 0.739. The van der Waals surface area contributed by atoms with Crippen molar-refractivity contribution in [2.45, 2.75) is 76.3 Å². The van der Waals surface area contributed by atoms with Crippen LogP contribution in [0.5, 0.6) is 0 Å². The lowest BCUT2D eigenvalue weighted by molar-refractivity contribution is -0.347. The summed E-state index contributed by atoms with van der Waals surface area (Å²) in [5.74, 6) is -3.21. The van der Waals surface area contributed by atoms with E-state index in [1.807, 2.05) is 0 Å². The number of aliphatic carboxylic acids is 1. The van der Waals surface area contributed by atoms with Gasteiger partial charge < -0.3 is 84.0 Å². The highest BCUT2D eigenvalue weighted by Crippen LogP contribution is 2.56. The number of carboxylic acid groups (broad SMARTS) is 1. The first-order valence-electron chi connectivity index (χ1n) is 16.5. The number of carbonyl (C=O) groups excluding carboxylic acids is 4. The number of nitrogens with two attached hydrogens (primary N) is 1. The quantitative estimate of drug-likeness (QED) is 0.0447. The van der Waals surface area contributed by atoms with Gasteiger partial charge in [-0.25, -0.2) is 19.3 Å². The summed E-state index contributed by atoms with van der Waals surface area (Å²) in [7, 11) is -17.7. The monoisotopic (exact) mass is 906 g/mol. The van der Waals surface area contributed by atoms with Gasteiger partial charge in [0.15, 0.2) is 22.8 Å². The highest BCUT2D eigenvalue weighted by atomic mass is 32.2. The van der Waals surface area contributed by atoms with Gasteiger partial charge in [0.25, 0.3) is 15.6 Å². The van der Waals surface area contributed by atoms with E-state index in [0.29, 0.717) is 0 Å². The molecule has 31 heteroatoms. The number of fused-ring (bicyclic) bond motifs is 1. The number of nitrogen functional groups attached to an aromatic ring is 1. The number of imidazole rings is 1. The van der Waals surface area contributed by atoms with Crippen molar-refractivity contribution >= 4 is 75.1 Å². The summed E-state index contributed by atoms with van der Waals surface area (Å²) in [4.78, 5) is 107. The minimum atomic E-state index is -5.95. The summed E-state index contributed by atoms with van der Waals surface area (Å²) in [6.07, 6.45) is -9.08. The summed E-state index contributed by atoms with van der Waals surface area (Å²) in [5, 5.41) is 46.0. The number of phosphoric acid groups is 3. The number of hydrogen-bond donors (Lipinski definition) is 6. The Morgan fingerprint density at radius 2 is 1.69 bits per heavy atom. The number of amides is 2. The van der Waals surface area contributed by atoms with E-state index < -0.39 is 114 Å². The molecule has 1 aliphatic heterocycles. The molecule has 2 amide bonds. The number of ether oxygens (including phenoxy) is 1. The Hall–Kier alpha value is -3.01. The molecule has 0 bridgehead atoms. The number of carboxylic acids is 1. The molecule has 3 unspecified atom stereocenters. The Bertz CT molecular complexity index is 1950. The molecule has 27 nitrogen and oxygen atoms in total. The van der Waals surface area contributed by atoms with Gasteiger partial charge in [0.2, 0.25) is 11.8 Å². The number of aliphatic hydroxyl groups excluding tert-OH is 2. The molecule has 0 aliphatic carbocycles. The van der Waals surface area contributed by atoms with Crippen molar-refractivity contribution < 1.29 is 95.5 Å². The summed E-state index contributed by atoms with van der Waals surface area (Å²) in [6, 6.07) is 0. The van der Waals surface area contributed by atoms with Crippen LogP contribution in [0, 0.1) is 5.41 Å². The second-order valence-corrected chi connectivity index (χ2v) is 18.6. The third-order valence-corrected chi connectivity index (χ3v) is 11.7. The molecule has 1 aliphatic rings. The maximum atomic E-state index is 12.5. The van der Waals surface area contributed by atoms with Crippen LogP contribution in [0.3, 0.4) is 0 Å². The zero-order valence-electron chi connectivity index (χ0n) is 30.6. The Labute approximate surface area is 332 Å². The summed E-state index contributed by atoms with van der Waals surface area (Å²) < 4.78 is 60.3. The van der Waals surface area contributed by atoms with Crippen molar-refractivity contribution in [2.75, 3.05) is 37.8 Å². The fourth-order valence-electron chi connectivity index (χ4n) is 5.01. The second kappa shape index (κ2) is 20.0. The summed E-state index contributed by atoms with van der Waals surface area (Å²) in [6.45, 7) is 0.813. The molecule has 1 fully saturated rings. The molecular weight excluding hydrogens is 867 g/mol. The van der Waals surface area contributed by atoms with Gasteiger partial charge in [-0.3, -0.25) is 28.1 Å². The fourth-order valence-corrected chi connectivity index (χ4v) is 8.59. The van der Waals surface area contributed by atoms with Gasteiger partial charge in [0.05, 0.1) is 33.0 Å². The number of nitrogens with one attached hydrogen (secondary N) is 2. The van der Waals surface area contributed by atoms with Gasteiger partial charge in [-0.15, -0.1) is 0 Å². The molecule has 1 saturated heterocycles. The zero-order valence-corrected chi connectivity index (χ0v) is 34.1. The van der Waals surface area contributed by atoms with Crippen molar-refractivity contribution in [1.82, 2.24) is 30.2 Å². The first-order valence-corrected chi connectivity index (χ1v) is 21.9. The van der Waals surface area contributed by atoms with Crippen LogP contribution in [-0.4, -0.2) is 120 Å². The largest absolute Gasteiger partial charge is 0.790 e. The predicted octanol–water partition coefficient (Wildman–Crippen LogP) is -5.58. The van der Waals surface area contributed by atoms with E-state index >= 15 is 0 Å². The van der Waals surface area contributed by atoms with Gasteiger partial charge in [-0.1, -0.05) is 25.6 Å². The summed E-state index contributed by atoms with van der Waals surface area (Å²) in [5.41, 5.74) is 2.17. The van der Waals surface area contributed by atoms with Crippen LogP contribution in [0.15, 0.2) is 12.7 Å². The highest BCUT2D eigenvalue weighted by molar-refractivity contribution is 8.13. The van der Waals surface area contributed by atoms with Gasteiger partial charge in [0, 0.05) is 49.5 Å². The lowest BCUT2D eigenvalue weighted by Crippen LogP contribution is -2.46. The lowest BCUT2D eigenvalue weighted by Gasteiger charge is -2.36. The average Bonchev–Trinajstić information content (AvgIpc) is 3.63. The topological polar surface area (TPSA) is 435 Å². The van der Waals surface area contributed by atoms with E-state index in [4.69, 9.17) is 10.5 Å². The molecule has 8 atom stereocenters. The molecule has 2 aromatic rings. The van der Waals surface area contributed by atoms with Crippen LogP contribution < -0.4 is 41.0 Å². The van der Waals surface area contributed by atoms with E-state index in [9.17, 15) is 72.9 Å². The number of aromatic nitrogens is 4. The Balaban J connectivity index is 1.47. The number of rotatable bonds is 23. The molecule has 7 N–H and O–H groups in total. The van der Waals surface area contributed by atoms with Crippen LogP contribution in [0.2, 0.25) is 0 Å². The zero-order chi connectivity index (χ0) is 43.9. The van der Waals surface area contributed by atoms with E-state index in [1.54, 1.807) is 0 Å². The normalized spacial score (nSPS) is 22.4. The number of nitrogens with zero attached hydrogens (tertiary/aromatic N) is 4. The van der Waals surface area contributed by atoms with Crippen LogP contribution in [0.25, 0.3) is 11.2 Å². The second-order valence-electron chi connectivity index (χ2n) is 13.4. The Kier molecular flexibility index (Phi) is 17.0. The maximum Gasteiger partial charge on any atom is 0.274 e. The third kappa shape index (κ3) is 15.2. The van der Waals surface area contributed by atoms with Crippen molar-refractivity contribution in [3.8, 4) is 0 Å². The van der Waals surface area contributed by atoms with Gasteiger partial charge in [0.1, 0.15) is 36.3 Å². The maximum absolute atomic E-state index is 12.5. The molecular formula is C27H39N7O20P3S-5. The minimum absolute atomic E-state index is 0.00721. The van der Waals surface area contributed by atoms with Gasteiger partial charge >= 0.3 is 0 Å². The number of carbonyl (C=O) groups is 4. The number of anilines is 1. The van der Waals surface area contributed by atoms with Crippen molar-refractivity contribution in [3.05, 3.63) is 12.7 Å². The molecule has 3 rings (SSSR count). The van der Waals surface area contributed by atoms with Crippen LogP contribution >= 0.6 is 35.2 Å². The number of hydrogen-bond acceptors (Lipinski definition) is 25. The highest BCUT2D eigenvalue weighted by Gasteiger charge is 2.47. The predicted molar refractivity (Wildman–Crippen MR) is 183 cm³/mol. The molecule has 328 valence electrons. The molecule has 3 heterocycles. The molecule has 0 radical (unpaired) electrons. The number of phosphoric ester groups is 3. The van der Waals surface area contributed by atoms with E-state index in [1.165, 1.54) is 0 Å². The van der Waals surface area contributed by atoms with Crippen molar-refractivity contribution in [1.29, 1.82) is 0 Å². The van der Waals surface area contributed by atoms with Crippen molar-refractivity contribution in [3.63, 3.8) is 0 Å². The third-order valence-electron chi connectivity index (χ3n) is 7.79. The van der Waals surface area contributed by atoms with E-state index in [2.05, 4.69) is 43.5 Å². The molecule has 58 heavy (non-hydrogen) atoms.